The van der Waals surface area contributed by atoms with E-state index in [0.717, 1.165) is 11.0 Å². The molecule has 0 heterocycles. The number of hydrogen-bond donors (Lipinski definition) is 0. The fourth-order valence-corrected chi connectivity index (χ4v) is 2.69. The van der Waals surface area contributed by atoms with Gasteiger partial charge in [0.15, 0.2) is 0 Å². The average molecular weight is 170 g/mol. The minimum absolute atomic E-state index is 0.940. The fourth-order valence-electron chi connectivity index (χ4n) is 1.61. The van der Waals surface area contributed by atoms with Gasteiger partial charge in [-0.15, -0.1) is 6.58 Å². The molecule has 0 atom stereocenters. The van der Waals surface area contributed by atoms with E-state index in [0.29, 0.717) is 0 Å². The summed E-state index contributed by atoms with van der Waals surface area (Å²) >= 11 is 2.09. The highest BCUT2D eigenvalue weighted by atomic mass is 32.2. The van der Waals surface area contributed by atoms with Gasteiger partial charge in [-0.25, -0.2) is 0 Å². The maximum atomic E-state index is 3.75. The molecule has 0 N–H and O–H groups in total. The lowest BCUT2D eigenvalue weighted by Gasteiger charge is -2.10. The molecular weight excluding hydrogens is 152 g/mol. The smallest absolute Gasteiger partial charge is 0.0113 e. The van der Waals surface area contributed by atoms with Gasteiger partial charge in [0.2, 0.25) is 0 Å². The molecule has 0 aromatic carbocycles. The van der Waals surface area contributed by atoms with Crippen LogP contribution in [0.25, 0.3) is 0 Å². The Hall–Kier alpha value is 0.0900. The Morgan fingerprint density at radius 3 is 2.36 bits per heavy atom. The van der Waals surface area contributed by atoms with Crippen LogP contribution in [0.2, 0.25) is 0 Å². The molecule has 0 nitrogen and oxygen atoms in total. The molecule has 1 heteroatoms. The quantitative estimate of drug-likeness (QED) is 0.460. The molecule has 0 aliphatic heterocycles. The third-order valence-corrected chi connectivity index (χ3v) is 3.62. The van der Waals surface area contributed by atoms with Gasteiger partial charge in [-0.2, -0.15) is 11.8 Å². The lowest BCUT2D eigenvalue weighted by Crippen LogP contribution is -2.00. The van der Waals surface area contributed by atoms with Crippen LogP contribution < -0.4 is 0 Å². The van der Waals surface area contributed by atoms with Gasteiger partial charge in [0, 0.05) is 11.0 Å². The van der Waals surface area contributed by atoms with E-state index in [1.165, 1.54) is 38.5 Å². The van der Waals surface area contributed by atoms with Crippen molar-refractivity contribution in [2.75, 3.05) is 5.75 Å². The molecule has 1 fully saturated rings. The highest BCUT2D eigenvalue weighted by Crippen LogP contribution is 2.26. The molecule has 0 aromatic heterocycles. The summed E-state index contributed by atoms with van der Waals surface area (Å²) in [7, 11) is 0. The van der Waals surface area contributed by atoms with Gasteiger partial charge >= 0.3 is 0 Å². The largest absolute Gasteiger partial charge is 0.154 e. The van der Waals surface area contributed by atoms with Crippen molar-refractivity contribution in [3.63, 3.8) is 0 Å². The average Bonchev–Trinajstić information content (AvgIpc) is 2.28. The van der Waals surface area contributed by atoms with Gasteiger partial charge in [0.25, 0.3) is 0 Å². The third kappa shape index (κ3) is 3.85. The van der Waals surface area contributed by atoms with Gasteiger partial charge in [-0.3, -0.25) is 0 Å². The standard InChI is InChI=1S/C10H18S/c1-2-9-11-10-7-5-3-4-6-8-10/h2,10H,1,3-9H2. The topological polar surface area (TPSA) is 0 Å². The predicted molar refractivity (Wildman–Crippen MR) is 54.1 cm³/mol. The molecule has 0 aromatic rings. The summed E-state index contributed by atoms with van der Waals surface area (Å²) in [5.41, 5.74) is 0. The summed E-state index contributed by atoms with van der Waals surface area (Å²) in [4.78, 5) is 0. The van der Waals surface area contributed by atoms with E-state index in [2.05, 4.69) is 18.3 Å². The molecule has 64 valence electrons. The predicted octanol–water partition coefficient (Wildman–Crippen LogP) is 3.63. The van der Waals surface area contributed by atoms with Crippen molar-refractivity contribution in [1.29, 1.82) is 0 Å². The first-order valence-corrected chi connectivity index (χ1v) is 5.71. The Labute approximate surface area is 74.5 Å². The number of hydrogen-bond acceptors (Lipinski definition) is 1. The molecule has 0 spiro atoms. The first-order chi connectivity index (χ1) is 5.43. The summed E-state index contributed by atoms with van der Waals surface area (Å²) in [5, 5.41) is 0.940. The van der Waals surface area contributed by atoms with Crippen molar-refractivity contribution in [1.82, 2.24) is 0 Å². The Kier molecular flexibility index (Phi) is 4.76. The lowest BCUT2D eigenvalue weighted by atomic mass is 10.2. The SMILES string of the molecule is C=CCSC1CCCCCC1. The molecule has 11 heavy (non-hydrogen) atoms. The van der Waals surface area contributed by atoms with Gasteiger partial charge in [-0.1, -0.05) is 31.8 Å². The zero-order chi connectivity index (χ0) is 7.94. The van der Waals surface area contributed by atoms with Gasteiger partial charge < -0.3 is 0 Å². The van der Waals surface area contributed by atoms with E-state index in [-0.39, 0.29) is 0 Å². The molecule has 1 aliphatic rings. The maximum absolute atomic E-state index is 3.75. The summed E-state index contributed by atoms with van der Waals surface area (Å²) < 4.78 is 0. The van der Waals surface area contributed by atoms with Crippen LogP contribution >= 0.6 is 11.8 Å². The summed E-state index contributed by atoms with van der Waals surface area (Å²) in [6.07, 6.45) is 10.7. The summed E-state index contributed by atoms with van der Waals surface area (Å²) in [5.74, 6) is 1.14. The Morgan fingerprint density at radius 1 is 1.18 bits per heavy atom. The molecule has 1 rings (SSSR count). The minimum Gasteiger partial charge on any atom is -0.154 e. The Bertz CT molecular complexity index is 101. The van der Waals surface area contributed by atoms with E-state index >= 15 is 0 Å². The van der Waals surface area contributed by atoms with Crippen molar-refractivity contribution in [2.24, 2.45) is 0 Å². The zero-order valence-corrected chi connectivity index (χ0v) is 8.04. The Balaban J connectivity index is 2.14. The highest BCUT2D eigenvalue weighted by Gasteiger charge is 2.10. The van der Waals surface area contributed by atoms with Crippen LogP contribution in [0.1, 0.15) is 38.5 Å². The van der Waals surface area contributed by atoms with Crippen molar-refractivity contribution in [2.45, 2.75) is 43.8 Å². The van der Waals surface area contributed by atoms with Gasteiger partial charge in [0.05, 0.1) is 0 Å². The maximum Gasteiger partial charge on any atom is 0.0113 e. The number of thioether (sulfide) groups is 1. The second kappa shape index (κ2) is 5.70. The van der Waals surface area contributed by atoms with Gasteiger partial charge in [0.1, 0.15) is 0 Å². The molecule has 0 bridgehead atoms. The van der Waals surface area contributed by atoms with E-state index < -0.39 is 0 Å². The molecule has 1 aliphatic carbocycles. The highest BCUT2D eigenvalue weighted by molar-refractivity contribution is 8.00. The van der Waals surface area contributed by atoms with E-state index in [1.807, 2.05) is 6.08 Å². The van der Waals surface area contributed by atoms with Crippen LogP contribution in [0.3, 0.4) is 0 Å². The zero-order valence-electron chi connectivity index (χ0n) is 7.22. The van der Waals surface area contributed by atoms with Crippen molar-refractivity contribution >= 4 is 11.8 Å². The normalized spacial score (nSPS) is 21.1. The van der Waals surface area contributed by atoms with Crippen molar-refractivity contribution in [3.8, 4) is 0 Å². The molecule has 1 saturated carbocycles. The second-order valence-corrected chi connectivity index (χ2v) is 4.57. The second-order valence-electron chi connectivity index (χ2n) is 3.24. The van der Waals surface area contributed by atoms with E-state index in [9.17, 15) is 0 Å². The minimum atomic E-state index is 0.940. The lowest BCUT2D eigenvalue weighted by molar-refractivity contribution is 0.702. The van der Waals surface area contributed by atoms with E-state index in [1.54, 1.807) is 0 Å². The fraction of sp³-hybridized carbons (Fsp3) is 0.800. The van der Waals surface area contributed by atoms with Crippen LogP contribution in [-0.4, -0.2) is 11.0 Å². The molecule has 0 saturated heterocycles. The summed E-state index contributed by atoms with van der Waals surface area (Å²) in [6.45, 7) is 3.75. The summed E-state index contributed by atoms with van der Waals surface area (Å²) in [6, 6.07) is 0. The van der Waals surface area contributed by atoms with Crippen LogP contribution in [0.5, 0.6) is 0 Å². The van der Waals surface area contributed by atoms with Crippen LogP contribution in [0.4, 0.5) is 0 Å². The van der Waals surface area contributed by atoms with Crippen LogP contribution in [0.15, 0.2) is 12.7 Å². The number of rotatable bonds is 3. The molecule has 0 amide bonds. The van der Waals surface area contributed by atoms with Crippen LogP contribution in [-0.2, 0) is 0 Å². The monoisotopic (exact) mass is 170 g/mol. The third-order valence-electron chi connectivity index (χ3n) is 2.25. The van der Waals surface area contributed by atoms with Gasteiger partial charge in [-0.05, 0) is 12.8 Å². The molecule has 0 radical (unpaired) electrons. The van der Waals surface area contributed by atoms with E-state index in [4.69, 9.17) is 0 Å². The van der Waals surface area contributed by atoms with Crippen LogP contribution in [0, 0.1) is 0 Å². The van der Waals surface area contributed by atoms with Crippen molar-refractivity contribution < 1.29 is 0 Å². The Morgan fingerprint density at radius 2 is 1.82 bits per heavy atom. The first-order valence-electron chi connectivity index (χ1n) is 4.66. The molecule has 0 unspecified atom stereocenters. The first kappa shape index (κ1) is 9.18. The molecular formula is C10H18S. The van der Waals surface area contributed by atoms with Crippen molar-refractivity contribution in [3.05, 3.63) is 12.7 Å².